The van der Waals surface area contributed by atoms with Crippen molar-refractivity contribution in [3.63, 3.8) is 0 Å². The number of hydrogen-bond acceptors (Lipinski definition) is 3. The highest BCUT2D eigenvalue weighted by Gasteiger charge is 2.27. The molecule has 2 atom stereocenters. The Morgan fingerprint density at radius 3 is 2.89 bits per heavy atom. The number of carbonyl (C=O) groups is 1. The molecule has 0 spiro atoms. The Labute approximate surface area is 114 Å². The number of nitrogens with zero attached hydrogens (tertiary/aromatic N) is 1. The number of amides is 1. The SMILES string of the molecule is CCOC1CCCN(C(=O)[C@H](N)c2ccccc2)C1. The standard InChI is InChI=1S/C15H22N2O2/c1-2-19-13-9-6-10-17(11-13)15(18)14(16)12-7-4-3-5-8-12/h3-5,7-8,13-14H,2,6,9-11,16H2,1H3/t13?,14-/m1/s1. The minimum Gasteiger partial charge on any atom is -0.377 e. The molecule has 0 saturated carbocycles. The molecule has 1 unspecified atom stereocenters. The van der Waals surface area contributed by atoms with Gasteiger partial charge in [-0.15, -0.1) is 0 Å². The van der Waals surface area contributed by atoms with Crippen molar-refractivity contribution in [3.05, 3.63) is 35.9 Å². The number of nitrogens with two attached hydrogens (primary N) is 1. The van der Waals surface area contributed by atoms with Crippen LogP contribution in [0.25, 0.3) is 0 Å². The fourth-order valence-corrected chi connectivity index (χ4v) is 2.51. The first-order valence-electron chi connectivity index (χ1n) is 6.93. The van der Waals surface area contributed by atoms with Crippen LogP contribution in [0.5, 0.6) is 0 Å². The van der Waals surface area contributed by atoms with E-state index < -0.39 is 6.04 Å². The van der Waals surface area contributed by atoms with Gasteiger partial charge in [0.2, 0.25) is 5.91 Å². The highest BCUT2D eigenvalue weighted by Crippen LogP contribution is 2.18. The first-order chi connectivity index (χ1) is 9.22. The molecule has 0 radical (unpaired) electrons. The first-order valence-corrected chi connectivity index (χ1v) is 6.93. The average Bonchev–Trinajstić information content (AvgIpc) is 2.47. The smallest absolute Gasteiger partial charge is 0.244 e. The molecule has 1 aliphatic rings. The predicted molar refractivity (Wildman–Crippen MR) is 74.6 cm³/mol. The number of carbonyl (C=O) groups excluding carboxylic acids is 1. The summed E-state index contributed by atoms with van der Waals surface area (Å²) in [7, 11) is 0. The monoisotopic (exact) mass is 262 g/mol. The fourth-order valence-electron chi connectivity index (χ4n) is 2.51. The third-order valence-electron chi connectivity index (χ3n) is 3.52. The second-order valence-electron chi connectivity index (χ2n) is 4.89. The van der Waals surface area contributed by atoms with Crippen molar-refractivity contribution < 1.29 is 9.53 Å². The summed E-state index contributed by atoms with van der Waals surface area (Å²) in [5, 5.41) is 0. The molecule has 1 saturated heterocycles. The van der Waals surface area contributed by atoms with Gasteiger partial charge in [-0.2, -0.15) is 0 Å². The zero-order valence-corrected chi connectivity index (χ0v) is 11.4. The molecule has 0 aliphatic carbocycles. The molecule has 4 heteroatoms. The van der Waals surface area contributed by atoms with E-state index in [9.17, 15) is 4.79 Å². The Morgan fingerprint density at radius 2 is 2.21 bits per heavy atom. The van der Waals surface area contributed by atoms with Crippen LogP contribution in [0.15, 0.2) is 30.3 Å². The zero-order valence-electron chi connectivity index (χ0n) is 11.4. The van der Waals surface area contributed by atoms with Crippen molar-refractivity contribution in [2.24, 2.45) is 5.73 Å². The summed E-state index contributed by atoms with van der Waals surface area (Å²) < 4.78 is 5.61. The van der Waals surface area contributed by atoms with Gasteiger partial charge in [0.1, 0.15) is 6.04 Å². The number of likely N-dealkylation sites (tertiary alicyclic amines) is 1. The predicted octanol–water partition coefficient (Wildman–Crippen LogP) is 1.71. The Bertz CT molecular complexity index is 406. The van der Waals surface area contributed by atoms with Crippen molar-refractivity contribution in [2.75, 3.05) is 19.7 Å². The lowest BCUT2D eigenvalue weighted by atomic mass is 10.0. The summed E-state index contributed by atoms with van der Waals surface area (Å²) in [6, 6.07) is 8.95. The number of rotatable bonds is 4. The van der Waals surface area contributed by atoms with Crippen LogP contribution in [0.1, 0.15) is 31.4 Å². The van der Waals surface area contributed by atoms with Crippen LogP contribution < -0.4 is 5.73 Å². The largest absolute Gasteiger partial charge is 0.377 e. The Morgan fingerprint density at radius 1 is 1.47 bits per heavy atom. The number of benzene rings is 1. The average molecular weight is 262 g/mol. The second kappa shape index (κ2) is 6.68. The Hall–Kier alpha value is -1.39. The molecule has 1 aromatic rings. The highest BCUT2D eigenvalue weighted by molar-refractivity contribution is 5.83. The summed E-state index contributed by atoms with van der Waals surface area (Å²) in [5.74, 6) is -0.00407. The van der Waals surface area contributed by atoms with E-state index >= 15 is 0 Å². The van der Waals surface area contributed by atoms with E-state index in [2.05, 4.69) is 0 Å². The first kappa shape index (κ1) is 14.0. The lowest BCUT2D eigenvalue weighted by molar-refractivity contribution is -0.136. The van der Waals surface area contributed by atoms with Crippen LogP contribution in [-0.2, 0) is 9.53 Å². The van der Waals surface area contributed by atoms with E-state index in [-0.39, 0.29) is 12.0 Å². The summed E-state index contributed by atoms with van der Waals surface area (Å²) >= 11 is 0. The van der Waals surface area contributed by atoms with E-state index in [0.29, 0.717) is 13.2 Å². The van der Waals surface area contributed by atoms with Crippen molar-refractivity contribution in [2.45, 2.75) is 31.9 Å². The second-order valence-corrected chi connectivity index (χ2v) is 4.89. The molecular formula is C15H22N2O2. The van der Waals surface area contributed by atoms with Gasteiger partial charge in [-0.25, -0.2) is 0 Å². The maximum Gasteiger partial charge on any atom is 0.244 e. The fraction of sp³-hybridized carbons (Fsp3) is 0.533. The summed E-state index contributed by atoms with van der Waals surface area (Å²) in [4.78, 5) is 14.2. The topological polar surface area (TPSA) is 55.6 Å². The molecule has 2 N–H and O–H groups in total. The van der Waals surface area contributed by atoms with Crippen LogP contribution in [0, 0.1) is 0 Å². The van der Waals surface area contributed by atoms with Gasteiger partial charge in [-0.1, -0.05) is 30.3 Å². The molecule has 0 bridgehead atoms. The molecule has 1 amide bonds. The van der Waals surface area contributed by atoms with E-state index in [1.807, 2.05) is 42.2 Å². The third kappa shape index (κ3) is 3.55. The van der Waals surface area contributed by atoms with Crippen molar-refractivity contribution in [3.8, 4) is 0 Å². The summed E-state index contributed by atoms with van der Waals surface area (Å²) in [5.41, 5.74) is 6.92. The van der Waals surface area contributed by atoms with E-state index in [1.54, 1.807) is 0 Å². The lowest BCUT2D eigenvalue weighted by Crippen LogP contribution is -2.46. The van der Waals surface area contributed by atoms with Gasteiger partial charge in [-0.05, 0) is 25.3 Å². The van der Waals surface area contributed by atoms with Gasteiger partial charge in [0, 0.05) is 19.7 Å². The summed E-state index contributed by atoms with van der Waals surface area (Å²) in [6.45, 7) is 4.12. The molecule has 4 nitrogen and oxygen atoms in total. The van der Waals surface area contributed by atoms with Gasteiger partial charge in [-0.3, -0.25) is 4.79 Å². The third-order valence-corrected chi connectivity index (χ3v) is 3.52. The van der Waals surface area contributed by atoms with Crippen molar-refractivity contribution in [1.82, 2.24) is 4.90 Å². The molecule has 1 fully saturated rings. The molecule has 1 aliphatic heterocycles. The molecule has 0 aromatic heterocycles. The highest BCUT2D eigenvalue weighted by atomic mass is 16.5. The van der Waals surface area contributed by atoms with Crippen molar-refractivity contribution in [1.29, 1.82) is 0 Å². The quantitative estimate of drug-likeness (QED) is 0.898. The van der Waals surface area contributed by atoms with E-state index in [1.165, 1.54) is 0 Å². The molecular weight excluding hydrogens is 240 g/mol. The maximum absolute atomic E-state index is 12.4. The zero-order chi connectivity index (χ0) is 13.7. The number of piperidine rings is 1. The normalized spacial score (nSPS) is 21.2. The maximum atomic E-state index is 12.4. The van der Waals surface area contributed by atoms with E-state index in [4.69, 9.17) is 10.5 Å². The Kier molecular flexibility index (Phi) is 4.93. The van der Waals surface area contributed by atoms with Gasteiger partial charge in [0.05, 0.1) is 6.10 Å². The molecule has 2 rings (SSSR count). The minimum absolute atomic E-state index is 0.00407. The lowest BCUT2D eigenvalue weighted by Gasteiger charge is -2.34. The van der Waals surface area contributed by atoms with Crippen LogP contribution in [0.4, 0.5) is 0 Å². The van der Waals surface area contributed by atoms with Gasteiger partial charge < -0.3 is 15.4 Å². The van der Waals surface area contributed by atoms with E-state index in [0.717, 1.165) is 24.9 Å². The van der Waals surface area contributed by atoms with Crippen LogP contribution in [-0.4, -0.2) is 36.6 Å². The minimum atomic E-state index is -0.568. The van der Waals surface area contributed by atoms with Crippen LogP contribution >= 0.6 is 0 Å². The van der Waals surface area contributed by atoms with Crippen LogP contribution in [0.2, 0.25) is 0 Å². The molecule has 1 heterocycles. The van der Waals surface area contributed by atoms with Gasteiger partial charge >= 0.3 is 0 Å². The van der Waals surface area contributed by atoms with Gasteiger partial charge in [0.25, 0.3) is 0 Å². The molecule has 1 aromatic carbocycles. The summed E-state index contributed by atoms with van der Waals surface area (Å²) in [6.07, 6.45) is 2.17. The number of hydrogen-bond donors (Lipinski definition) is 1. The van der Waals surface area contributed by atoms with Crippen molar-refractivity contribution >= 4 is 5.91 Å². The number of ether oxygens (including phenoxy) is 1. The van der Waals surface area contributed by atoms with Crippen LogP contribution in [0.3, 0.4) is 0 Å². The molecule has 19 heavy (non-hydrogen) atoms. The Balaban J connectivity index is 1.99. The van der Waals surface area contributed by atoms with Gasteiger partial charge in [0.15, 0.2) is 0 Å². The molecule has 104 valence electrons.